The lowest BCUT2D eigenvalue weighted by Crippen LogP contribution is -2.66. The molecule has 1 spiro atoms. The summed E-state index contributed by atoms with van der Waals surface area (Å²) in [6.07, 6.45) is -0.183. The minimum Gasteiger partial charge on any atom is -0.444 e. The van der Waals surface area contributed by atoms with Crippen LogP contribution in [0.25, 0.3) is 0 Å². The molecule has 1 N–H and O–H groups in total. The molecule has 0 saturated carbocycles. The first-order chi connectivity index (χ1) is 8.23. The molecule has 2 fully saturated rings. The van der Waals surface area contributed by atoms with Crippen molar-refractivity contribution in [1.82, 2.24) is 15.1 Å². The van der Waals surface area contributed by atoms with Crippen molar-refractivity contribution in [2.75, 3.05) is 40.3 Å². The van der Waals surface area contributed by atoms with Crippen molar-refractivity contribution < 1.29 is 9.53 Å². The average Bonchev–Trinajstić information content (AvgIpc) is 2.55. The van der Waals surface area contributed by atoms with Crippen LogP contribution in [-0.4, -0.2) is 67.8 Å². The lowest BCUT2D eigenvalue weighted by atomic mass is 9.75. The average molecular weight is 255 g/mol. The fourth-order valence-electron chi connectivity index (χ4n) is 3.01. The van der Waals surface area contributed by atoms with Crippen LogP contribution in [0.15, 0.2) is 0 Å². The van der Waals surface area contributed by atoms with E-state index < -0.39 is 5.60 Å². The molecule has 5 heteroatoms. The van der Waals surface area contributed by atoms with E-state index in [9.17, 15) is 4.79 Å². The van der Waals surface area contributed by atoms with Crippen LogP contribution in [0.5, 0.6) is 0 Å². The summed E-state index contributed by atoms with van der Waals surface area (Å²) in [6, 6.07) is 0.510. The van der Waals surface area contributed by atoms with Gasteiger partial charge in [-0.3, -0.25) is 0 Å². The number of nitrogens with zero attached hydrogens (tertiary/aromatic N) is 2. The summed E-state index contributed by atoms with van der Waals surface area (Å²) >= 11 is 0. The molecule has 2 aliphatic heterocycles. The van der Waals surface area contributed by atoms with Crippen LogP contribution in [0.2, 0.25) is 0 Å². The predicted molar refractivity (Wildman–Crippen MR) is 70.6 cm³/mol. The summed E-state index contributed by atoms with van der Waals surface area (Å²) in [7, 11) is 4.21. The molecular formula is C13H25N3O2. The highest BCUT2D eigenvalue weighted by Gasteiger charge is 2.54. The smallest absolute Gasteiger partial charge is 0.410 e. The molecule has 0 aromatic rings. The van der Waals surface area contributed by atoms with Gasteiger partial charge in [0, 0.05) is 37.6 Å². The van der Waals surface area contributed by atoms with Gasteiger partial charge in [0.05, 0.1) is 0 Å². The number of likely N-dealkylation sites (tertiary alicyclic amines) is 1. The van der Waals surface area contributed by atoms with Crippen molar-refractivity contribution in [3.05, 3.63) is 0 Å². The Bertz CT molecular complexity index is 330. The van der Waals surface area contributed by atoms with Crippen LogP contribution in [-0.2, 0) is 4.74 Å². The highest BCUT2D eigenvalue weighted by Crippen LogP contribution is 2.38. The van der Waals surface area contributed by atoms with Gasteiger partial charge in [-0.1, -0.05) is 0 Å². The molecule has 2 saturated heterocycles. The maximum atomic E-state index is 11.9. The lowest BCUT2D eigenvalue weighted by molar-refractivity contribution is -0.0482. The normalized spacial score (nSPS) is 26.6. The van der Waals surface area contributed by atoms with E-state index in [2.05, 4.69) is 24.3 Å². The van der Waals surface area contributed by atoms with Crippen LogP contribution in [0.3, 0.4) is 0 Å². The standard InChI is InChI=1S/C13H25N3O2/c1-12(2,3)18-11(17)16-8-13(9-16)7-14-6-10(13)15(4)5/h10,14H,6-9H2,1-5H3. The van der Waals surface area contributed by atoms with Gasteiger partial charge in [-0.05, 0) is 34.9 Å². The van der Waals surface area contributed by atoms with Crippen LogP contribution in [0, 0.1) is 5.41 Å². The molecule has 0 aromatic carbocycles. The summed E-state index contributed by atoms with van der Waals surface area (Å²) < 4.78 is 5.39. The summed E-state index contributed by atoms with van der Waals surface area (Å²) in [5.74, 6) is 0. The van der Waals surface area contributed by atoms with Gasteiger partial charge in [-0.15, -0.1) is 0 Å². The number of hydrogen-bond donors (Lipinski definition) is 1. The Hall–Kier alpha value is -0.810. The molecule has 104 valence electrons. The summed E-state index contributed by atoms with van der Waals surface area (Å²) in [5, 5.41) is 3.43. The van der Waals surface area contributed by atoms with Gasteiger partial charge < -0.3 is 19.9 Å². The van der Waals surface area contributed by atoms with E-state index in [0.717, 1.165) is 26.2 Å². The molecule has 0 radical (unpaired) electrons. The molecule has 0 aromatic heterocycles. The molecule has 1 atom stereocenters. The van der Waals surface area contributed by atoms with Crippen LogP contribution in [0.4, 0.5) is 4.79 Å². The van der Waals surface area contributed by atoms with E-state index in [1.165, 1.54) is 0 Å². The molecule has 0 aliphatic carbocycles. The Morgan fingerprint density at radius 3 is 2.50 bits per heavy atom. The zero-order valence-electron chi connectivity index (χ0n) is 12.1. The SMILES string of the molecule is CN(C)C1CNCC12CN(C(=O)OC(C)(C)C)C2. The number of carbonyl (C=O) groups is 1. The van der Waals surface area contributed by atoms with Gasteiger partial charge in [0.1, 0.15) is 5.60 Å². The first-order valence-electron chi connectivity index (χ1n) is 6.59. The topological polar surface area (TPSA) is 44.8 Å². The molecule has 18 heavy (non-hydrogen) atoms. The van der Waals surface area contributed by atoms with E-state index in [1.807, 2.05) is 25.7 Å². The lowest BCUT2D eigenvalue weighted by Gasteiger charge is -2.52. The first-order valence-corrected chi connectivity index (χ1v) is 6.59. The van der Waals surface area contributed by atoms with E-state index >= 15 is 0 Å². The van der Waals surface area contributed by atoms with Gasteiger partial charge >= 0.3 is 6.09 Å². The Morgan fingerprint density at radius 2 is 2.00 bits per heavy atom. The fourth-order valence-corrected chi connectivity index (χ4v) is 3.01. The molecule has 5 nitrogen and oxygen atoms in total. The van der Waals surface area contributed by atoms with E-state index in [0.29, 0.717) is 6.04 Å². The quantitative estimate of drug-likeness (QED) is 0.751. The molecule has 0 bridgehead atoms. The number of rotatable bonds is 1. The van der Waals surface area contributed by atoms with Crippen molar-refractivity contribution in [3.63, 3.8) is 0 Å². The van der Waals surface area contributed by atoms with Crippen LogP contribution < -0.4 is 5.32 Å². The Morgan fingerprint density at radius 1 is 1.39 bits per heavy atom. The van der Waals surface area contributed by atoms with Crippen LogP contribution in [0.1, 0.15) is 20.8 Å². The van der Waals surface area contributed by atoms with Crippen LogP contribution >= 0.6 is 0 Å². The maximum Gasteiger partial charge on any atom is 0.410 e. The first kappa shape index (κ1) is 13.6. The third-order valence-corrected chi connectivity index (χ3v) is 3.81. The summed E-state index contributed by atoms with van der Waals surface area (Å²) in [5.41, 5.74) is -0.185. The summed E-state index contributed by atoms with van der Waals surface area (Å²) in [6.45, 7) is 9.32. The number of ether oxygens (including phenoxy) is 1. The number of likely N-dealkylation sites (N-methyl/N-ethyl adjacent to an activating group) is 1. The van der Waals surface area contributed by atoms with E-state index in [1.54, 1.807) is 0 Å². The van der Waals surface area contributed by atoms with Gasteiger partial charge in [0.25, 0.3) is 0 Å². The second-order valence-electron chi connectivity index (χ2n) is 6.81. The Kier molecular flexibility index (Phi) is 3.32. The van der Waals surface area contributed by atoms with Gasteiger partial charge in [-0.25, -0.2) is 4.79 Å². The minimum atomic E-state index is -0.408. The van der Waals surface area contributed by atoms with Crippen molar-refractivity contribution in [2.24, 2.45) is 5.41 Å². The molecule has 2 aliphatic rings. The maximum absolute atomic E-state index is 11.9. The second-order valence-corrected chi connectivity index (χ2v) is 6.81. The number of carbonyl (C=O) groups excluding carboxylic acids is 1. The third-order valence-electron chi connectivity index (χ3n) is 3.81. The van der Waals surface area contributed by atoms with Gasteiger partial charge in [-0.2, -0.15) is 0 Å². The van der Waals surface area contributed by atoms with Crippen molar-refractivity contribution in [1.29, 1.82) is 0 Å². The number of amides is 1. The highest BCUT2D eigenvalue weighted by molar-refractivity contribution is 5.69. The molecular weight excluding hydrogens is 230 g/mol. The van der Waals surface area contributed by atoms with Crippen molar-refractivity contribution in [3.8, 4) is 0 Å². The molecule has 2 heterocycles. The monoisotopic (exact) mass is 255 g/mol. The minimum absolute atomic E-state index is 0.183. The summed E-state index contributed by atoms with van der Waals surface area (Å²) in [4.78, 5) is 16.0. The second kappa shape index (κ2) is 4.38. The van der Waals surface area contributed by atoms with Gasteiger partial charge in [0.2, 0.25) is 0 Å². The number of nitrogens with one attached hydrogen (secondary N) is 1. The fraction of sp³-hybridized carbons (Fsp3) is 0.923. The molecule has 1 amide bonds. The predicted octanol–water partition coefficient (Wildman–Crippen LogP) is 0.757. The number of hydrogen-bond acceptors (Lipinski definition) is 4. The molecule has 1 unspecified atom stereocenters. The Labute approximate surface area is 109 Å². The zero-order chi connectivity index (χ0) is 13.6. The van der Waals surface area contributed by atoms with Gasteiger partial charge in [0.15, 0.2) is 0 Å². The van der Waals surface area contributed by atoms with Crippen molar-refractivity contribution in [2.45, 2.75) is 32.4 Å². The van der Waals surface area contributed by atoms with Crippen molar-refractivity contribution >= 4 is 6.09 Å². The molecule has 2 rings (SSSR count). The van der Waals surface area contributed by atoms with E-state index in [-0.39, 0.29) is 11.5 Å². The largest absolute Gasteiger partial charge is 0.444 e. The third kappa shape index (κ3) is 2.47. The zero-order valence-corrected chi connectivity index (χ0v) is 12.1. The Balaban J connectivity index is 1.91. The van der Waals surface area contributed by atoms with E-state index in [4.69, 9.17) is 4.74 Å². The highest BCUT2D eigenvalue weighted by atomic mass is 16.6.